The summed E-state index contributed by atoms with van der Waals surface area (Å²) in [4.78, 5) is 128. The van der Waals surface area contributed by atoms with Gasteiger partial charge >= 0.3 is 30.0 Å². The Morgan fingerprint density at radius 1 is 0.609 bits per heavy atom. The fourth-order valence-corrected chi connectivity index (χ4v) is 8.76. The number of hydrogen-bond donors (Lipinski definition) is 13. The van der Waals surface area contributed by atoms with Gasteiger partial charge in [0.25, 0.3) is 0 Å². The van der Waals surface area contributed by atoms with E-state index in [0.717, 1.165) is 0 Å². The van der Waals surface area contributed by atoms with E-state index in [-0.39, 0.29) is 156 Å². The molecule has 1 fully saturated rings. The Balaban J connectivity index is 1.26. The number of aromatic hydroxyl groups is 1. The predicted octanol–water partition coefficient (Wildman–Crippen LogP) is -0.495. The first kappa shape index (κ1) is 70.7. The third-order valence-electron chi connectivity index (χ3n) is 13.2. The van der Waals surface area contributed by atoms with Crippen LogP contribution in [0, 0.1) is 11.6 Å². The number of guanidine groups is 1. The molecule has 1 saturated heterocycles. The number of nitrogens with zero attached hydrogens (tertiary/aromatic N) is 5. The van der Waals surface area contributed by atoms with E-state index >= 15 is 0 Å². The van der Waals surface area contributed by atoms with Crippen LogP contribution in [0.15, 0.2) is 71.7 Å². The van der Waals surface area contributed by atoms with Gasteiger partial charge in [-0.15, -0.1) is 0 Å². The van der Waals surface area contributed by atoms with Gasteiger partial charge in [-0.25, -0.2) is 23.9 Å². The molecule has 0 aliphatic carbocycles. The second-order valence-electron chi connectivity index (χ2n) is 20.0. The number of phenols is 1. The summed E-state index contributed by atoms with van der Waals surface area (Å²) in [5, 5.41) is 56.0. The van der Waals surface area contributed by atoms with Gasteiger partial charge in [-0.3, -0.25) is 68.3 Å². The lowest BCUT2D eigenvalue weighted by Crippen LogP contribution is -2.50. The highest BCUT2D eigenvalue weighted by atomic mass is 19.1. The number of urea groups is 2. The number of carbonyl (C=O) groups excluding carboxylic acids is 6. The lowest BCUT2D eigenvalue weighted by atomic mass is 9.90. The number of rotatable bonds is 33. The van der Waals surface area contributed by atoms with Crippen LogP contribution in [-0.2, 0) is 44.9 Å². The van der Waals surface area contributed by atoms with Crippen molar-refractivity contribution in [2.45, 2.75) is 57.5 Å². The van der Waals surface area contributed by atoms with Crippen LogP contribution in [-0.4, -0.2) is 230 Å². The largest absolute Gasteiger partial charge is 0.508 e. The van der Waals surface area contributed by atoms with Crippen LogP contribution >= 0.6 is 0 Å². The molecule has 478 valence electrons. The number of carboxylic acid groups (broad SMARTS) is 3. The molecular formula is C56H80F2N14O15. The zero-order chi connectivity index (χ0) is 63.5. The number of carboxylic acids is 3. The zero-order valence-electron chi connectivity index (χ0n) is 48.5. The number of amides is 8. The van der Waals surface area contributed by atoms with Crippen LogP contribution in [0.25, 0.3) is 0 Å². The number of unbranched alkanes of at least 4 members (excludes halogenated alkanes) is 1. The first-order valence-electron chi connectivity index (χ1n) is 28.3. The van der Waals surface area contributed by atoms with Crippen LogP contribution in [0.2, 0.25) is 0 Å². The summed E-state index contributed by atoms with van der Waals surface area (Å²) in [5.74, 6) is -8.85. The molecule has 3 aromatic carbocycles. The number of carbonyl (C=O) groups is 9. The highest BCUT2D eigenvalue weighted by Crippen LogP contribution is 2.29. The molecule has 1 aliphatic rings. The van der Waals surface area contributed by atoms with Crippen molar-refractivity contribution in [1.82, 2.24) is 62.3 Å². The topological polar surface area (TPSA) is 401 Å². The average molecular weight is 1230 g/mol. The first-order valence-corrected chi connectivity index (χ1v) is 28.3. The summed E-state index contributed by atoms with van der Waals surface area (Å²) in [7, 11) is 0. The zero-order valence-corrected chi connectivity index (χ0v) is 48.5. The fraction of sp³-hybridized carbons (Fsp3) is 0.500. The Labute approximate surface area is 501 Å². The highest BCUT2D eigenvalue weighted by Gasteiger charge is 2.29. The van der Waals surface area contributed by atoms with Crippen molar-refractivity contribution in [2.24, 2.45) is 10.7 Å². The minimum Gasteiger partial charge on any atom is -0.508 e. The van der Waals surface area contributed by atoms with Crippen molar-refractivity contribution < 1.29 is 81.9 Å². The number of halogens is 2. The van der Waals surface area contributed by atoms with Crippen LogP contribution in [0.1, 0.15) is 61.6 Å². The molecule has 1 heterocycles. The second kappa shape index (κ2) is 39.0. The van der Waals surface area contributed by atoms with Gasteiger partial charge < -0.3 is 62.8 Å². The molecule has 0 radical (unpaired) electrons. The summed E-state index contributed by atoms with van der Waals surface area (Å²) in [6.07, 6.45) is 1.35. The van der Waals surface area contributed by atoms with Gasteiger partial charge in [0.15, 0.2) is 5.96 Å². The van der Waals surface area contributed by atoms with E-state index in [0.29, 0.717) is 41.9 Å². The number of nitrogens with two attached hydrogens (primary N) is 1. The molecule has 0 saturated carbocycles. The Kier molecular flexibility index (Phi) is 31.7. The van der Waals surface area contributed by atoms with Crippen LogP contribution in [0.5, 0.6) is 11.5 Å². The Bertz CT molecular complexity index is 2720. The molecule has 0 spiro atoms. The number of hydroxylamine groups is 1. The Morgan fingerprint density at radius 2 is 1.16 bits per heavy atom. The molecule has 8 amide bonds. The fourth-order valence-electron chi connectivity index (χ4n) is 8.76. The van der Waals surface area contributed by atoms with Gasteiger partial charge in [0.1, 0.15) is 29.2 Å². The number of hydrogen-bond acceptors (Lipinski definition) is 17. The average Bonchev–Trinajstić information content (AvgIpc) is 3.67. The standard InChI is InChI=1S/C56H80F2N14O15/c1-2-46(74)60-17-18-64-55(84)67-54(59)62-16-9-14-45(52(82)65-33-42-43(57)31-40(73)32-44(42)58)66-53(83)51(38-10-4-3-5-11-38)39-12-8-13-41(30-39)86-28-7-6-15-63-56(85)68-87-29-19-61-47(75)34-69-20-22-70(35-48(76)77)24-26-72(37-50(80)81)27-25-71(23-21-69)36-49(78)79/h3-5,8,10-13,30-32,45,51,73H,2,6-7,9,14-29,33-37H2,1H3,(H,60,74)(H,61,75)(H,65,82)(H,66,83)(H,76,77)(H,78,79)(H,80,81)(H2,63,68,85)(H4,59,62,64,67,84)/t45-,51?/m1/s1. The molecule has 4 rings (SSSR count). The van der Waals surface area contributed by atoms with Gasteiger partial charge in [0, 0.05) is 116 Å². The van der Waals surface area contributed by atoms with Crippen molar-refractivity contribution in [3.05, 3.63) is 95.1 Å². The maximum Gasteiger partial charge on any atom is 0.338 e. The van der Waals surface area contributed by atoms with Crippen LogP contribution < -0.4 is 53.2 Å². The third kappa shape index (κ3) is 28.8. The maximum absolute atomic E-state index is 14.7. The SMILES string of the molecule is CCC(=O)NCCNC(=O)NC(N)=NCCC[C@@H](NC(=O)C(c1ccccc1)c1cccc(OCCCCNC(=O)NOCCNC(=O)CN2CCN(CC(=O)O)CCN(CC(=O)O)CCN(CC(=O)O)CC2)c1)C(=O)NCc1c(F)cc(O)cc1F. The molecule has 31 heteroatoms. The number of phenolic OH excluding ortho intramolecular Hbond substituents is 1. The van der Waals surface area contributed by atoms with E-state index in [9.17, 15) is 72.4 Å². The molecule has 0 bridgehead atoms. The lowest BCUT2D eigenvalue weighted by molar-refractivity contribution is -0.140. The van der Waals surface area contributed by atoms with E-state index in [4.69, 9.17) is 15.3 Å². The van der Waals surface area contributed by atoms with Crippen LogP contribution in [0.4, 0.5) is 18.4 Å². The van der Waals surface area contributed by atoms with E-state index in [1.165, 1.54) is 0 Å². The summed E-state index contributed by atoms with van der Waals surface area (Å²) in [6.45, 7) is 2.70. The molecule has 29 nitrogen and oxygen atoms in total. The summed E-state index contributed by atoms with van der Waals surface area (Å²) < 4.78 is 35.3. The van der Waals surface area contributed by atoms with Crippen molar-refractivity contribution >= 4 is 59.6 Å². The van der Waals surface area contributed by atoms with Crippen molar-refractivity contribution in [1.29, 1.82) is 0 Å². The summed E-state index contributed by atoms with van der Waals surface area (Å²) >= 11 is 0. The molecule has 2 atom stereocenters. The predicted molar refractivity (Wildman–Crippen MR) is 311 cm³/mol. The van der Waals surface area contributed by atoms with Crippen LogP contribution in [0.3, 0.4) is 0 Å². The molecule has 14 N–H and O–H groups in total. The molecule has 1 unspecified atom stereocenters. The minimum atomic E-state index is -1.28. The number of aliphatic imine (C=N–C) groups is 1. The van der Waals surface area contributed by atoms with Gasteiger partial charge in [0.05, 0.1) is 45.3 Å². The molecule has 1 aliphatic heterocycles. The molecule has 3 aromatic rings. The Hall–Kier alpha value is -8.78. The smallest absolute Gasteiger partial charge is 0.338 e. The summed E-state index contributed by atoms with van der Waals surface area (Å²) in [6, 6.07) is 14.3. The quantitative estimate of drug-likeness (QED) is 0.0158. The van der Waals surface area contributed by atoms with E-state index in [1.54, 1.807) is 81.1 Å². The molecule has 0 aromatic heterocycles. The van der Waals surface area contributed by atoms with Crippen molar-refractivity contribution in [3.63, 3.8) is 0 Å². The number of benzene rings is 3. The van der Waals surface area contributed by atoms with Crippen molar-refractivity contribution in [2.75, 3.05) is 124 Å². The first-order chi connectivity index (χ1) is 41.7. The molecule has 87 heavy (non-hydrogen) atoms. The van der Waals surface area contributed by atoms with Gasteiger partial charge in [0.2, 0.25) is 23.6 Å². The minimum absolute atomic E-state index is 0.0180. The Morgan fingerprint density at radius 3 is 1.75 bits per heavy atom. The van der Waals surface area contributed by atoms with E-state index in [1.807, 2.05) is 0 Å². The monoisotopic (exact) mass is 1230 g/mol. The number of nitrogens with one attached hydrogen (secondary N) is 8. The maximum atomic E-state index is 14.7. The highest BCUT2D eigenvalue weighted by molar-refractivity contribution is 5.95. The van der Waals surface area contributed by atoms with Gasteiger partial charge in [-0.05, 0) is 48.9 Å². The number of aliphatic carboxylic acids is 3. The number of ether oxygens (including phenoxy) is 1. The molecular weight excluding hydrogens is 1150 g/mol. The second-order valence-corrected chi connectivity index (χ2v) is 20.0. The summed E-state index contributed by atoms with van der Waals surface area (Å²) in [5.41, 5.74) is 8.66. The van der Waals surface area contributed by atoms with Crippen molar-refractivity contribution in [3.8, 4) is 11.5 Å². The van der Waals surface area contributed by atoms with E-state index in [2.05, 4.69) is 47.7 Å². The normalized spacial score (nSPS) is 14.6. The van der Waals surface area contributed by atoms with Gasteiger partial charge in [-0.2, -0.15) is 0 Å². The lowest BCUT2D eigenvalue weighted by Gasteiger charge is -2.32. The van der Waals surface area contributed by atoms with E-state index < -0.39 is 89.1 Å². The third-order valence-corrected chi connectivity index (χ3v) is 13.2. The van der Waals surface area contributed by atoms with Gasteiger partial charge in [-0.1, -0.05) is 49.4 Å².